The highest BCUT2D eigenvalue weighted by Crippen LogP contribution is 2.41. The molecule has 0 radical (unpaired) electrons. The summed E-state index contributed by atoms with van der Waals surface area (Å²) < 4.78 is 11.5. The fourth-order valence-corrected chi connectivity index (χ4v) is 3.67. The first-order chi connectivity index (χ1) is 15.0. The molecule has 4 rings (SSSR count). The number of aromatic nitrogens is 2. The molecule has 0 fully saturated rings. The Morgan fingerprint density at radius 2 is 1.94 bits per heavy atom. The van der Waals surface area contributed by atoms with E-state index in [0.29, 0.717) is 18.1 Å². The van der Waals surface area contributed by atoms with E-state index in [-0.39, 0.29) is 0 Å². The highest BCUT2D eigenvalue weighted by molar-refractivity contribution is 5.81. The van der Waals surface area contributed by atoms with Crippen LogP contribution in [0.3, 0.4) is 0 Å². The summed E-state index contributed by atoms with van der Waals surface area (Å²) in [5.41, 5.74) is 10.4. The summed E-state index contributed by atoms with van der Waals surface area (Å²) >= 11 is 0. The minimum Gasteiger partial charge on any atom is -0.488 e. The predicted molar refractivity (Wildman–Crippen MR) is 120 cm³/mol. The molecule has 31 heavy (non-hydrogen) atoms. The van der Waals surface area contributed by atoms with Crippen molar-refractivity contribution in [3.05, 3.63) is 54.4 Å². The summed E-state index contributed by atoms with van der Waals surface area (Å²) in [7, 11) is 0. The van der Waals surface area contributed by atoms with Crippen molar-refractivity contribution in [2.45, 2.75) is 33.5 Å². The highest BCUT2D eigenvalue weighted by atomic mass is 16.5. The lowest BCUT2D eigenvalue weighted by atomic mass is 9.94. The molecule has 2 N–H and O–H groups in total. The van der Waals surface area contributed by atoms with Gasteiger partial charge in [-0.2, -0.15) is 0 Å². The maximum Gasteiger partial charge on any atom is 0.258 e. The molecule has 1 atom stereocenters. The van der Waals surface area contributed by atoms with E-state index in [1.807, 2.05) is 18.2 Å². The van der Waals surface area contributed by atoms with Gasteiger partial charge in [0.1, 0.15) is 30.3 Å². The van der Waals surface area contributed by atoms with Gasteiger partial charge in [-0.05, 0) is 50.1 Å². The van der Waals surface area contributed by atoms with E-state index in [2.05, 4.69) is 46.9 Å². The Morgan fingerprint density at radius 1 is 1.13 bits per heavy atom. The summed E-state index contributed by atoms with van der Waals surface area (Å²) in [5.74, 6) is 1.67. The molecule has 2 heterocycles. The van der Waals surface area contributed by atoms with Crippen molar-refractivity contribution in [2.24, 2.45) is 5.73 Å². The molecular weight excluding hydrogens is 392 g/mol. The normalized spacial score (nSPS) is 12.9. The Bertz CT molecular complexity index is 1110. The van der Waals surface area contributed by atoms with Gasteiger partial charge in [-0.15, -0.1) is 0 Å². The van der Waals surface area contributed by atoms with Crippen LogP contribution in [0.4, 0.5) is 5.82 Å². The lowest BCUT2D eigenvalue weighted by molar-refractivity contribution is -0.123. The number of carbonyl (C=O) groups is 1. The quantitative estimate of drug-likeness (QED) is 0.628. The Hall–Kier alpha value is -3.61. The predicted octanol–water partition coefficient (Wildman–Crippen LogP) is 3.80. The first-order valence-electron chi connectivity index (χ1n) is 10.4. The molecule has 0 aliphatic carbocycles. The van der Waals surface area contributed by atoms with Gasteiger partial charge in [-0.25, -0.2) is 9.97 Å². The standard InChI is InChI=1S/C24H26N4O3/c1-4-28(5-2)23-12-21(26-14-27-23)16-6-7-17-13-30-22-11-18(31-15(3)24(25)29)8-9-19(22)20(17)10-16/h6-12,14-15H,4-5,13H2,1-3H3,(H2,25,29)/t15-/m0/s1. The van der Waals surface area contributed by atoms with Gasteiger partial charge in [0.05, 0.1) is 5.69 Å². The van der Waals surface area contributed by atoms with Crippen LogP contribution in [0.1, 0.15) is 26.3 Å². The number of anilines is 1. The molecule has 2 aromatic carbocycles. The van der Waals surface area contributed by atoms with Crippen LogP contribution >= 0.6 is 0 Å². The van der Waals surface area contributed by atoms with Crippen molar-refractivity contribution in [1.82, 2.24) is 9.97 Å². The monoisotopic (exact) mass is 418 g/mol. The second kappa shape index (κ2) is 8.63. The van der Waals surface area contributed by atoms with Crippen LogP contribution in [-0.4, -0.2) is 35.1 Å². The van der Waals surface area contributed by atoms with Crippen molar-refractivity contribution < 1.29 is 14.3 Å². The number of nitrogens with two attached hydrogens (primary N) is 1. The van der Waals surface area contributed by atoms with Gasteiger partial charge in [0.15, 0.2) is 6.10 Å². The van der Waals surface area contributed by atoms with Gasteiger partial charge in [0.25, 0.3) is 5.91 Å². The van der Waals surface area contributed by atoms with Crippen LogP contribution in [0.2, 0.25) is 0 Å². The van der Waals surface area contributed by atoms with Gasteiger partial charge < -0.3 is 20.1 Å². The fourth-order valence-electron chi connectivity index (χ4n) is 3.67. The number of benzene rings is 2. The molecule has 7 nitrogen and oxygen atoms in total. The number of nitrogens with zero attached hydrogens (tertiary/aromatic N) is 3. The Labute approximate surface area is 181 Å². The van der Waals surface area contributed by atoms with Crippen LogP contribution < -0.4 is 20.1 Å². The van der Waals surface area contributed by atoms with E-state index in [4.69, 9.17) is 15.2 Å². The number of primary amides is 1. The van der Waals surface area contributed by atoms with Crippen molar-refractivity contribution >= 4 is 11.7 Å². The third kappa shape index (κ3) is 4.17. The molecule has 1 amide bonds. The number of fused-ring (bicyclic) bond motifs is 3. The van der Waals surface area contributed by atoms with Crippen LogP contribution in [0.25, 0.3) is 22.4 Å². The molecule has 0 unspecified atom stereocenters. The molecule has 160 valence electrons. The maximum atomic E-state index is 11.3. The zero-order valence-electron chi connectivity index (χ0n) is 18.0. The lowest BCUT2D eigenvalue weighted by Crippen LogP contribution is -2.30. The Morgan fingerprint density at radius 3 is 2.68 bits per heavy atom. The lowest BCUT2D eigenvalue weighted by Gasteiger charge is -2.23. The molecule has 1 aliphatic rings. The summed E-state index contributed by atoms with van der Waals surface area (Å²) in [6.45, 7) is 8.10. The van der Waals surface area contributed by atoms with Crippen LogP contribution in [0, 0.1) is 0 Å². The summed E-state index contributed by atoms with van der Waals surface area (Å²) in [6, 6.07) is 13.9. The van der Waals surface area contributed by atoms with E-state index >= 15 is 0 Å². The van der Waals surface area contributed by atoms with Gasteiger partial charge in [-0.3, -0.25) is 4.79 Å². The summed E-state index contributed by atoms with van der Waals surface area (Å²) in [6.07, 6.45) is 0.904. The van der Waals surface area contributed by atoms with Crippen molar-refractivity contribution in [2.75, 3.05) is 18.0 Å². The van der Waals surface area contributed by atoms with Crippen molar-refractivity contribution in [3.63, 3.8) is 0 Å². The topological polar surface area (TPSA) is 90.6 Å². The molecule has 0 saturated heterocycles. The molecule has 0 bridgehead atoms. The maximum absolute atomic E-state index is 11.3. The Kier molecular flexibility index (Phi) is 5.75. The number of carbonyl (C=O) groups excluding carboxylic acids is 1. The Balaban J connectivity index is 1.68. The second-order valence-corrected chi connectivity index (χ2v) is 7.41. The molecule has 0 saturated carbocycles. The SMILES string of the molecule is CCN(CC)c1cc(-c2ccc3c(c2)-c2ccc(O[C@@H](C)C(N)=O)cc2OC3)ncn1. The average molecular weight is 418 g/mol. The van der Waals surface area contributed by atoms with Gasteiger partial charge in [0.2, 0.25) is 0 Å². The van der Waals surface area contributed by atoms with E-state index in [0.717, 1.165) is 46.9 Å². The van der Waals surface area contributed by atoms with E-state index in [1.165, 1.54) is 0 Å². The fraction of sp³-hybridized carbons (Fsp3) is 0.292. The van der Waals surface area contributed by atoms with E-state index < -0.39 is 12.0 Å². The van der Waals surface area contributed by atoms with Crippen LogP contribution in [0.5, 0.6) is 11.5 Å². The zero-order valence-corrected chi connectivity index (χ0v) is 18.0. The first kappa shape index (κ1) is 20.7. The zero-order chi connectivity index (χ0) is 22.0. The van der Waals surface area contributed by atoms with Crippen molar-refractivity contribution in [1.29, 1.82) is 0 Å². The number of hydrogen-bond acceptors (Lipinski definition) is 6. The smallest absolute Gasteiger partial charge is 0.258 e. The highest BCUT2D eigenvalue weighted by Gasteiger charge is 2.20. The molecule has 7 heteroatoms. The van der Waals surface area contributed by atoms with E-state index in [9.17, 15) is 4.79 Å². The molecule has 3 aromatic rings. The number of amides is 1. The molecular formula is C24H26N4O3. The number of rotatable bonds is 7. The third-order valence-electron chi connectivity index (χ3n) is 5.49. The second-order valence-electron chi connectivity index (χ2n) is 7.41. The van der Waals surface area contributed by atoms with E-state index in [1.54, 1.807) is 19.3 Å². The van der Waals surface area contributed by atoms with Crippen LogP contribution in [-0.2, 0) is 11.4 Å². The number of hydrogen-bond donors (Lipinski definition) is 1. The van der Waals surface area contributed by atoms with Crippen molar-refractivity contribution in [3.8, 4) is 33.9 Å². The van der Waals surface area contributed by atoms with Gasteiger partial charge in [0, 0.05) is 36.3 Å². The molecule has 1 aromatic heterocycles. The largest absolute Gasteiger partial charge is 0.488 e. The summed E-state index contributed by atoms with van der Waals surface area (Å²) in [4.78, 5) is 22.4. The average Bonchev–Trinajstić information content (AvgIpc) is 2.79. The molecule has 1 aliphatic heterocycles. The molecule has 0 spiro atoms. The van der Waals surface area contributed by atoms with Gasteiger partial charge >= 0.3 is 0 Å². The number of ether oxygens (including phenoxy) is 2. The first-order valence-corrected chi connectivity index (χ1v) is 10.4. The third-order valence-corrected chi connectivity index (χ3v) is 5.49. The minimum atomic E-state index is -0.710. The minimum absolute atomic E-state index is 0.464. The summed E-state index contributed by atoms with van der Waals surface area (Å²) in [5, 5.41) is 0. The van der Waals surface area contributed by atoms with Crippen LogP contribution in [0.15, 0.2) is 48.8 Å². The van der Waals surface area contributed by atoms with Gasteiger partial charge in [-0.1, -0.05) is 12.1 Å².